The molecule has 0 aliphatic heterocycles. The van der Waals surface area contributed by atoms with E-state index in [1.807, 2.05) is 48.5 Å². The lowest BCUT2D eigenvalue weighted by Crippen LogP contribution is -2.07. The number of hydrogen-bond acceptors (Lipinski definition) is 6. The number of hydrogen-bond donors (Lipinski definition) is 3. The van der Waals surface area contributed by atoms with Crippen molar-refractivity contribution >= 4 is 29.0 Å². The van der Waals surface area contributed by atoms with Crippen LogP contribution < -0.4 is 20.7 Å². The van der Waals surface area contributed by atoms with E-state index in [0.29, 0.717) is 18.3 Å². The van der Waals surface area contributed by atoms with Crippen LogP contribution in [0.4, 0.5) is 23.1 Å². The van der Waals surface area contributed by atoms with Crippen LogP contribution in [0.2, 0.25) is 0 Å². The van der Waals surface area contributed by atoms with Crippen molar-refractivity contribution in [1.29, 1.82) is 0 Å². The molecule has 7 heteroatoms. The smallest absolute Gasteiger partial charge is 0.224 e. The maximum atomic E-state index is 11.2. The van der Waals surface area contributed by atoms with E-state index in [0.717, 1.165) is 22.7 Å². The fourth-order valence-electron chi connectivity index (χ4n) is 2.56. The summed E-state index contributed by atoms with van der Waals surface area (Å²) < 4.78 is 5.35. The van der Waals surface area contributed by atoms with Gasteiger partial charge in [0, 0.05) is 36.6 Å². The second-order valence-corrected chi connectivity index (χ2v) is 5.82. The number of para-hydroxylation sites is 1. The number of nitrogens with zero attached hydrogens (tertiary/aromatic N) is 2. The lowest BCUT2D eigenvalue weighted by Gasteiger charge is -2.11. The summed E-state index contributed by atoms with van der Waals surface area (Å²) in [5.41, 5.74) is 2.55. The molecule has 138 valence electrons. The van der Waals surface area contributed by atoms with E-state index < -0.39 is 0 Å². The van der Waals surface area contributed by atoms with Gasteiger partial charge in [-0.15, -0.1) is 0 Å². The van der Waals surface area contributed by atoms with Gasteiger partial charge in [-0.05, 0) is 30.3 Å². The molecule has 27 heavy (non-hydrogen) atoms. The molecule has 1 amide bonds. The van der Waals surface area contributed by atoms with Crippen LogP contribution in [0, 0.1) is 0 Å². The lowest BCUT2D eigenvalue weighted by molar-refractivity contribution is -0.114. The van der Waals surface area contributed by atoms with E-state index in [-0.39, 0.29) is 5.91 Å². The predicted octanol–water partition coefficient (Wildman–Crippen LogP) is 3.80. The number of nitrogens with one attached hydrogen (secondary N) is 3. The Morgan fingerprint density at radius 1 is 1.07 bits per heavy atom. The highest BCUT2D eigenvalue weighted by molar-refractivity contribution is 5.89. The van der Waals surface area contributed by atoms with Crippen molar-refractivity contribution in [2.75, 3.05) is 23.1 Å². The third-order valence-electron chi connectivity index (χ3n) is 3.74. The molecule has 3 N–H and O–H groups in total. The normalized spacial score (nSPS) is 10.1. The molecule has 0 radical (unpaired) electrons. The zero-order valence-corrected chi connectivity index (χ0v) is 15.2. The maximum Gasteiger partial charge on any atom is 0.224 e. The molecule has 0 spiro atoms. The van der Waals surface area contributed by atoms with Crippen molar-refractivity contribution in [2.45, 2.75) is 13.5 Å². The zero-order chi connectivity index (χ0) is 19.1. The monoisotopic (exact) mass is 363 g/mol. The van der Waals surface area contributed by atoms with Gasteiger partial charge in [-0.2, -0.15) is 4.98 Å². The van der Waals surface area contributed by atoms with Crippen molar-refractivity contribution in [3.05, 3.63) is 66.4 Å². The van der Waals surface area contributed by atoms with Gasteiger partial charge >= 0.3 is 0 Å². The topological polar surface area (TPSA) is 88.2 Å². The maximum absolute atomic E-state index is 11.2. The molecule has 0 atom stereocenters. The minimum Gasteiger partial charge on any atom is -0.496 e. The molecular formula is C20H21N5O2. The Balaban J connectivity index is 1.68. The van der Waals surface area contributed by atoms with Crippen LogP contribution in [-0.4, -0.2) is 23.0 Å². The van der Waals surface area contributed by atoms with Crippen LogP contribution in [0.25, 0.3) is 0 Å². The average Bonchev–Trinajstić information content (AvgIpc) is 2.66. The van der Waals surface area contributed by atoms with Crippen molar-refractivity contribution in [3.63, 3.8) is 0 Å². The summed E-state index contributed by atoms with van der Waals surface area (Å²) in [5, 5.41) is 9.17. The molecule has 0 aliphatic carbocycles. The molecule has 3 aromatic rings. The number of carbonyl (C=O) groups excluding carboxylic acids is 1. The number of anilines is 4. The first kappa shape index (κ1) is 18.2. The first-order chi connectivity index (χ1) is 13.1. The molecule has 0 bridgehead atoms. The number of benzene rings is 2. The van der Waals surface area contributed by atoms with Crippen molar-refractivity contribution in [1.82, 2.24) is 9.97 Å². The molecule has 0 saturated carbocycles. The summed E-state index contributed by atoms with van der Waals surface area (Å²) in [6.07, 6.45) is 1.68. The van der Waals surface area contributed by atoms with E-state index in [1.165, 1.54) is 6.92 Å². The first-order valence-corrected chi connectivity index (χ1v) is 8.47. The summed E-state index contributed by atoms with van der Waals surface area (Å²) in [5.74, 6) is 1.85. The van der Waals surface area contributed by atoms with Gasteiger partial charge in [0.1, 0.15) is 11.6 Å². The Hall–Kier alpha value is -3.61. The fraction of sp³-hybridized carbons (Fsp3) is 0.150. The number of amides is 1. The molecule has 7 nitrogen and oxygen atoms in total. The standard InChI is InChI=1S/C20H21N5O2/c1-14(26)23-16-7-5-8-17(12-16)24-19-10-11-21-20(25-19)22-13-15-6-3-4-9-18(15)27-2/h3-12H,13H2,1-2H3,(H,23,26)(H2,21,22,24,25). The third kappa shape index (κ3) is 5.18. The highest BCUT2D eigenvalue weighted by atomic mass is 16.5. The van der Waals surface area contributed by atoms with Gasteiger partial charge < -0.3 is 20.7 Å². The number of aromatic nitrogens is 2. The van der Waals surface area contributed by atoms with E-state index in [4.69, 9.17) is 4.74 Å². The van der Waals surface area contributed by atoms with Gasteiger partial charge in [0.15, 0.2) is 0 Å². The number of methoxy groups -OCH3 is 1. The quantitative estimate of drug-likeness (QED) is 0.592. The van der Waals surface area contributed by atoms with Crippen LogP contribution in [0.3, 0.4) is 0 Å². The molecular weight excluding hydrogens is 342 g/mol. The molecule has 0 fully saturated rings. The Morgan fingerprint density at radius 2 is 1.89 bits per heavy atom. The Kier molecular flexibility index (Phi) is 5.84. The molecule has 0 unspecified atom stereocenters. The van der Waals surface area contributed by atoms with Gasteiger partial charge in [0.25, 0.3) is 0 Å². The average molecular weight is 363 g/mol. The van der Waals surface area contributed by atoms with Crippen molar-refractivity contribution in [2.24, 2.45) is 0 Å². The van der Waals surface area contributed by atoms with Gasteiger partial charge in [0.2, 0.25) is 11.9 Å². The Morgan fingerprint density at radius 3 is 2.70 bits per heavy atom. The van der Waals surface area contributed by atoms with Crippen LogP contribution in [0.1, 0.15) is 12.5 Å². The summed E-state index contributed by atoms with van der Waals surface area (Å²) in [7, 11) is 1.65. The minimum absolute atomic E-state index is 0.114. The van der Waals surface area contributed by atoms with Crippen LogP contribution >= 0.6 is 0 Å². The first-order valence-electron chi connectivity index (χ1n) is 8.47. The number of ether oxygens (including phenoxy) is 1. The van der Waals surface area contributed by atoms with Crippen LogP contribution in [0.5, 0.6) is 5.75 Å². The van der Waals surface area contributed by atoms with E-state index >= 15 is 0 Å². The zero-order valence-electron chi connectivity index (χ0n) is 15.2. The summed E-state index contributed by atoms with van der Waals surface area (Å²) in [4.78, 5) is 19.9. The summed E-state index contributed by atoms with van der Waals surface area (Å²) in [6.45, 7) is 2.02. The van der Waals surface area contributed by atoms with Crippen molar-refractivity contribution < 1.29 is 9.53 Å². The van der Waals surface area contributed by atoms with Gasteiger partial charge in [-0.3, -0.25) is 4.79 Å². The largest absolute Gasteiger partial charge is 0.496 e. The summed E-state index contributed by atoms with van der Waals surface area (Å²) >= 11 is 0. The molecule has 1 heterocycles. The van der Waals surface area contributed by atoms with E-state index in [9.17, 15) is 4.79 Å². The Bertz CT molecular complexity index is 930. The Labute approximate surface area is 157 Å². The molecule has 1 aromatic heterocycles. The predicted molar refractivity (Wildman–Crippen MR) is 106 cm³/mol. The van der Waals surface area contributed by atoms with Gasteiger partial charge in [-0.1, -0.05) is 24.3 Å². The van der Waals surface area contributed by atoms with Gasteiger partial charge in [-0.25, -0.2) is 4.98 Å². The third-order valence-corrected chi connectivity index (χ3v) is 3.74. The highest BCUT2D eigenvalue weighted by Crippen LogP contribution is 2.21. The summed E-state index contributed by atoms with van der Waals surface area (Å²) in [6, 6.07) is 17.0. The molecule has 3 rings (SSSR count). The van der Waals surface area contributed by atoms with Crippen LogP contribution in [-0.2, 0) is 11.3 Å². The highest BCUT2D eigenvalue weighted by Gasteiger charge is 2.04. The van der Waals surface area contributed by atoms with Gasteiger partial charge in [0.05, 0.1) is 7.11 Å². The second-order valence-electron chi connectivity index (χ2n) is 5.82. The molecule has 0 aliphatic rings. The molecule has 2 aromatic carbocycles. The SMILES string of the molecule is COc1ccccc1CNc1nccc(Nc2cccc(NC(C)=O)c2)n1. The molecule has 0 saturated heterocycles. The number of carbonyl (C=O) groups is 1. The minimum atomic E-state index is -0.114. The fourth-order valence-corrected chi connectivity index (χ4v) is 2.56. The van der Waals surface area contributed by atoms with Crippen molar-refractivity contribution in [3.8, 4) is 5.75 Å². The lowest BCUT2D eigenvalue weighted by atomic mass is 10.2. The van der Waals surface area contributed by atoms with Crippen LogP contribution in [0.15, 0.2) is 60.8 Å². The van der Waals surface area contributed by atoms with E-state index in [2.05, 4.69) is 25.9 Å². The second kappa shape index (κ2) is 8.66. The number of rotatable bonds is 7. The van der Waals surface area contributed by atoms with E-state index in [1.54, 1.807) is 19.4 Å².